The van der Waals surface area contributed by atoms with E-state index in [-0.39, 0.29) is 5.11 Å². The molecule has 5 heteroatoms. The van der Waals surface area contributed by atoms with Crippen LogP contribution >= 0.6 is 12.2 Å². The number of hydrogen-bond acceptors (Lipinski definition) is 3. The summed E-state index contributed by atoms with van der Waals surface area (Å²) in [5.41, 5.74) is 6.33. The van der Waals surface area contributed by atoms with Crippen LogP contribution in [0.5, 0.6) is 5.75 Å². The van der Waals surface area contributed by atoms with Crippen LogP contribution in [0.3, 0.4) is 0 Å². The second-order valence-corrected chi connectivity index (χ2v) is 3.30. The Balaban J connectivity index is 2.68. The molecule has 0 bridgehead atoms. The molecular weight excluding hydrogens is 210 g/mol. The second kappa shape index (κ2) is 5.31. The van der Waals surface area contributed by atoms with Crippen molar-refractivity contribution >= 4 is 23.5 Å². The molecule has 0 unspecified atom stereocenters. The lowest BCUT2D eigenvalue weighted by Crippen LogP contribution is -2.27. The summed E-state index contributed by atoms with van der Waals surface area (Å²) in [5.74, 6) is 0.815. The number of nitrogens with two attached hydrogens (primary N) is 1. The van der Waals surface area contributed by atoms with Crippen molar-refractivity contribution in [2.24, 2.45) is 10.8 Å². The average Bonchev–Trinajstić information content (AvgIpc) is 2.26. The Morgan fingerprint density at radius 3 is 2.53 bits per heavy atom. The summed E-state index contributed by atoms with van der Waals surface area (Å²) in [7, 11) is 3.33. The molecule has 1 aromatic carbocycles. The molecule has 0 saturated heterocycles. The molecule has 0 saturated carbocycles. The van der Waals surface area contributed by atoms with E-state index in [1.54, 1.807) is 20.4 Å². The maximum Gasteiger partial charge on any atom is 0.186 e. The van der Waals surface area contributed by atoms with Gasteiger partial charge in [-0.25, -0.2) is 5.01 Å². The van der Waals surface area contributed by atoms with E-state index in [9.17, 15) is 0 Å². The molecule has 0 radical (unpaired) electrons. The van der Waals surface area contributed by atoms with Crippen molar-refractivity contribution in [2.75, 3.05) is 14.2 Å². The van der Waals surface area contributed by atoms with Gasteiger partial charge in [-0.2, -0.15) is 5.10 Å². The summed E-state index contributed by atoms with van der Waals surface area (Å²) < 4.78 is 5.04. The predicted octanol–water partition coefficient (Wildman–Crippen LogP) is 1.20. The van der Waals surface area contributed by atoms with Crippen molar-refractivity contribution in [3.63, 3.8) is 0 Å². The smallest absolute Gasteiger partial charge is 0.186 e. The fraction of sp³-hybridized carbons (Fsp3) is 0.200. The summed E-state index contributed by atoms with van der Waals surface area (Å²) in [5, 5.41) is 5.72. The van der Waals surface area contributed by atoms with E-state index in [2.05, 4.69) is 5.10 Å². The largest absolute Gasteiger partial charge is 0.497 e. The lowest BCUT2D eigenvalue weighted by Gasteiger charge is -2.08. The van der Waals surface area contributed by atoms with Gasteiger partial charge in [0.2, 0.25) is 0 Å². The topological polar surface area (TPSA) is 50.8 Å². The summed E-state index contributed by atoms with van der Waals surface area (Å²) in [4.78, 5) is 0. The van der Waals surface area contributed by atoms with E-state index in [1.165, 1.54) is 5.01 Å². The van der Waals surface area contributed by atoms with Gasteiger partial charge in [0.1, 0.15) is 5.75 Å². The van der Waals surface area contributed by atoms with E-state index < -0.39 is 0 Å². The number of thiocarbonyl (C=S) groups is 1. The van der Waals surface area contributed by atoms with Crippen molar-refractivity contribution in [1.82, 2.24) is 5.01 Å². The number of methoxy groups -OCH3 is 1. The first-order chi connectivity index (χ1) is 7.13. The number of ether oxygens (including phenoxy) is 1. The number of hydrazone groups is 1. The van der Waals surface area contributed by atoms with E-state index in [1.807, 2.05) is 24.3 Å². The third-order valence-electron chi connectivity index (χ3n) is 1.81. The van der Waals surface area contributed by atoms with Gasteiger partial charge >= 0.3 is 0 Å². The van der Waals surface area contributed by atoms with E-state index in [0.717, 1.165) is 11.3 Å². The minimum Gasteiger partial charge on any atom is -0.497 e. The quantitative estimate of drug-likeness (QED) is 0.475. The second-order valence-electron chi connectivity index (χ2n) is 2.88. The molecule has 0 fully saturated rings. The van der Waals surface area contributed by atoms with Crippen LogP contribution in [0, 0.1) is 0 Å². The molecule has 15 heavy (non-hydrogen) atoms. The highest BCUT2D eigenvalue weighted by Gasteiger charge is 1.94. The highest BCUT2D eigenvalue weighted by Crippen LogP contribution is 2.09. The van der Waals surface area contributed by atoms with E-state index in [4.69, 9.17) is 22.7 Å². The molecule has 0 aromatic heterocycles. The van der Waals surface area contributed by atoms with Gasteiger partial charge in [0.25, 0.3) is 0 Å². The van der Waals surface area contributed by atoms with Crippen molar-refractivity contribution in [2.45, 2.75) is 0 Å². The van der Waals surface area contributed by atoms with Crippen LogP contribution in [0.25, 0.3) is 0 Å². The molecule has 0 aliphatic heterocycles. The minimum absolute atomic E-state index is 0.236. The van der Waals surface area contributed by atoms with Gasteiger partial charge in [0, 0.05) is 7.05 Å². The lowest BCUT2D eigenvalue weighted by atomic mass is 10.2. The third-order valence-corrected chi connectivity index (χ3v) is 2.08. The summed E-state index contributed by atoms with van der Waals surface area (Å²) in [6.45, 7) is 0. The molecule has 1 aromatic rings. The molecule has 0 aliphatic rings. The zero-order valence-electron chi connectivity index (χ0n) is 8.68. The van der Waals surface area contributed by atoms with Gasteiger partial charge in [0.05, 0.1) is 13.3 Å². The third kappa shape index (κ3) is 3.55. The first-order valence-electron chi connectivity index (χ1n) is 4.34. The Bertz CT molecular complexity index is 361. The van der Waals surface area contributed by atoms with Crippen LogP contribution < -0.4 is 10.5 Å². The fourth-order valence-corrected chi connectivity index (χ4v) is 0.947. The average molecular weight is 223 g/mol. The van der Waals surface area contributed by atoms with Crippen LogP contribution in [0.15, 0.2) is 29.4 Å². The van der Waals surface area contributed by atoms with Crippen LogP contribution in [-0.2, 0) is 0 Å². The minimum atomic E-state index is 0.236. The maximum absolute atomic E-state index is 5.37. The Morgan fingerprint density at radius 1 is 1.47 bits per heavy atom. The molecular formula is C10H13N3OS. The molecule has 1 rings (SSSR count). The van der Waals surface area contributed by atoms with Gasteiger partial charge in [0.15, 0.2) is 5.11 Å². The molecule has 0 heterocycles. The standard InChI is InChI=1S/C10H13N3OS/c1-13(10(11)15)12-7-8-3-5-9(14-2)6-4-8/h3-7H,1-2H3,(H2,11,15). The lowest BCUT2D eigenvalue weighted by molar-refractivity contribution is 0.415. The van der Waals surface area contributed by atoms with Gasteiger partial charge in [-0.1, -0.05) is 0 Å². The highest BCUT2D eigenvalue weighted by atomic mass is 32.1. The van der Waals surface area contributed by atoms with Crippen molar-refractivity contribution in [3.8, 4) is 5.75 Å². The van der Waals surface area contributed by atoms with Crippen LogP contribution in [0.1, 0.15) is 5.56 Å². The first kappa shape index (κ1) is 11.5. The van der Waals surface area contributed by atoms with Crippen LogP contribution in [0.2, 0.25) is 0 Å². The summed E-state index contributed by atoms with van der Waals surface area (Å²) in [6, 6.07) is 7.52. The number of hydrogen-bond donors (Lipinski definition) is 1. The van der Waals surface area contributed by atoms with Crippen molar-refractivity contribution < 1.29 is 4.74 Å². The SMILES string of the molecule is COc1ccc(C=NN(C)C(N)=S)cc1. The highest BCUT2D eigenvalue weighted by molar-refractivity contribution is 7.80. The summed E-state index contributed by atoms with van der Waals surface area (Å²) >= 11 is 4.74. The van der Waals surface area contributed by atoms with E-state index >= 15 is 0 Å². The maximum atomic E-state index is 5.37. The van der Waals surface area contributed by atoms with Crippen molar-refractivity contribution in [3.05, 3.63) is 29.8 Å². The van der Waals surface area contributed by atoms with Crippen LogP contribution in [0.4, 0.5) is 0 Å². The molecule has 4 nitrogen and oxygen atoms in total. The monoisotopic (exact) mass is 223 g/mol. The Kier molecular flexibility index (Phi) is 4.05. The normalized spacial score (nSPS) is 10.3. The van der Waals surface area contributed by atoms with Crippen molar-refractivity contribution in [1.29, 1.82) is 0 Å². The molecule has 80 valence electrons. The van der Waals surface area contributed by atoms with Gasteiger partial charge in [-0.15, -0.1) is 0 Å². The number of rotatable bonds is 3. The zero-order chi connectivity index (χ0) is 11.3. The zero-order valence-corrected chi connectivity index (χ0v) is 9.49. The molecule has 2 N–H and O–H groups in total. The number of nitrogens with zero attached hydrogens (tertiary/aromatic N) is 2. The molecule has 0 aliphatic carbocycles. The van der Waals surface area contributed by atoms with Gasteiger partial charge in [-0.05, 0) is 42.0 Å². The Morgan fingerprint density at radius 2 is 2.07 bits per heavy atom. The molecule has 0 spiro atoms. The Labute approximate surface area is 94.3 Å². The predicted molar refractivity (Wildman–Crippen MR) is 65.1 cm³/mol. The molecule has 0 atom stereocenters. The fourth-order valence-electron chi connectivity index (χ4n) is 0.900. The van der Waals surface area contributed by atoms with E-state index in [0.29, 0.717) is 0 Å². The van der Waals surface area contributed by atoms with Crippen LogP contribution in [-0.4, -0.2) is 30.5 Å². The van der Waals surface area contributed by atoms with Gasteiger partial charge < -0.3 is 10.5 Å². The Hall–Kier alpha value is -1.62. The molecule has 0 amide bonds. The summed E-state index contributed by atoms with van der Waals surface area (Å²) in [6.07, 6.45) is 1.68. The number of benzene rings is 1. The van der Waals surface area contributed by atoms with Gasteiger partial charge in [-0.3, -0.25) is 0 Å². The first-order valence-corrected chi connectivity index (χ1v) is 4.75.